The maximum Gasteiger partial charge on any atom is 0.326 e. The Morgan fingerprint density at radius 3 is 2.68 bits per heavy atom. The molecule has 1 aliphatic heterocycles. The average molecular weight is 543 g/mol. The Balaban J connectivity index is 1.56. The monoisotopic (exact) mass is 542 g/mol. The van der Waals surface area contributed by atoms with Crippen molar-refractivity contribution in [1.82, 2.24) is 19.6 Å². The molecular weight excluding hydrogens is 512 g/mol. The van der Waals surface area contributed by atoms with Crippen molar-refractivity contribution in [2.45, 2.75) is 36.7 Å². The lowest BCUT2D eigenvalue weighted by Crippen LogP contribution is -2.48. The van der Waals surface area contributed by atoms with Gasteiger partial charge in [-0.15, -0.1) is 0 Å². The summed E-state index contributed by atoms with van der Waals surface area (Å²) in [6, 6.07) is 4.35. The van der Waals surface area contributed by atoms with Crippen LogP contribution in [0.15, 0.2) is 41.6 Å². The van der Waals surface area contributed by atoms with Crippen LogP contribution in [-0.2, 0) is 26.0 Å². The van der Waals surface area contributed by atoms with Gasteiger partial charge >= 0.3 is 5.97 Å². The average Bonchev–Trinajstić information content (AvgIpc) is 3.20. The third-order valence-corrected chi connectivity index (χ3v) is 8.01. The van der Waals surface area contributed by atoms with Gasteiger partial charge in [-0.05, 0) is 54.1 Å². The molecular formula is C25H30N6O6S. The Bertz CT molecular complexity index is 1510. The highest BCUT2D eigenvalue weighted by molar-refractivity contribution is 7.89. The van der Waals surface area contributed by atoms with Gasteiger partial charge in [0.2, 0.25) is 15.9 Å². The summed E-state index contributed by atoms with van der Waals surface area (Å²) in [5.74, 6) is -0.467. The zero-order valence-electron chi connectivity index (χ0n) is 21.5. The number of hydrogen-bond acceptors (Lipinski definition) is 9. The predicted octanol–water partition coefficient (Wildman–Crippen LogP) is 1.17. The molecule has 1 saturated heterocycles. The fourth-order valence-corrected chi connectivity index (χ4v) is 5.95. The Morgan fingerprint density at radius 2 is 2.05 bits per heavy atom. The molecule has 4 rings (SSSR count). The number of benzene rings is 1. The fraction of sp³-hybridized carbons (Fsp3) is 0.360. The lowest BCUT2D eigenvalue weighted by molar-refractivity contribution is -0.148. The number of anilines is 2. The number of aliphatic carboxylic acids is 1. The highest BCUT2D eigenvalue weighted by Gasteiger charge is 2.41. The first kappa shape index (κ1) is 27.1. The number of amides is 1. The molecule has 0 spiro atoms. The number of aromatic nitrogens is 2. The fourth-order valence-electron chi connectivity index (χ4n) is 4.69. The van der Waals surface area contributed by atoms with Crippen molar-refractivity contribution in [2.75, 3.05) is 38.4 Å². The van der Waals surface area contributed by atoms with Crippen molar-refractivity contribution in [3.8, 4) is 5.75 Å². The van der Waals surface area contributed by atoms with E-state index in [1.165, 1.54) is 24.3 Å². The van der Waals surface area contributed by atoms with E-state index in [9.17, 15) is 23.1 Å². The largest absolute Gasteiger partial charge is 0.496 e. The lowest BCUT2D eigenvalue weighted by Gasteiger charge is -2.25. The molecule has 3 aromatic rings. The first-order valence-electron chi connectivity index (χ1n) is 11.8. The second-order valence-electron chi connectivity index (χ2n) is 9.34. The topological polar surface area (TPSA) is 168 Å². The molecule has 3 heterocycles. The van der Waals surface area contributed by atoms with Crippen LogP contribution in [0.2, 0.25) is 0 Å². The molecule has 4 N–H and O–H groups in total. The minimum atomic E-state index is -4.07. The van der Waals surface area contributed by atoms with E-state index in [1.807, 2.05) is 0 Å². The molecule has 13 heteroatoms. The molecule has 12 nitrogen and oxygen atoms in total. The van der Waals surface area contributed by atoms with E-state index in [0.717, 1.165) is 5.39 Å². The van der Waals surface area contributed by atoms with Gasteiger partial charge < -0.3 is 25.4 Å². The van der Waals surface area contributed by atoms with Crippen LogP contribution in [0.5, 0.6) is 5.75 Å². The number of nitrogens with one attached hydrogen (secondary N) is 1. The van der Waals surface area contributed by atoms with E-state index in [0.29, 0.717) is 33.9 Å². The zero-order chi connectivity index (χ0) is 27.8. The Hall–Kier alpha value is -3.97. The second-order valence-corrected chi connectivity index (χ2v) is 11.1. The molecule has 1 aromatic carbocycles. The highest BCUT2D eigenvalue weighted by Crippen LogP contribution is 2.31. The number of carbonyl (C=O) groups is 2. The van der Waals surface area contributed by atoms with Crippen molar-refractivity contribution in [3.63, 3.8) is 0 Å². The summed E-state index contributed by atoms with van der Waals surface area (Å²) in [6.07, 6.45) is 2.86. The standard InChI is InChI=1S/C25H30N6O6S/c1-14-9-17(13-28-23(14)30(2)3)38(35,36)29-19-6-8-31(24(19)32)20(25(33)34)11-16-10-15-5-7-27-22(26)18(15)12-21(16)37-4/h5,7,9-10,12-13,19-20,29H,6,8,11H2,1-4H3,(H2,26,27)(H,33,34). The number of nitrogen functional groups attached to an aromatic ring is 1. The van der Waals surface area contributed by atoms with E-state index in [-0.39, 0.29) is 24.3 Å². The number of sulfonamides is 1. The molecule has 1 amide bonds. The smallest absolute Gasteiger partial charge is 0.326 e. The molecule has 0 bridgehead atoms. The molecule has 202 valence electrons. The summed E-state index contributed by atoms with van der Waals surface area (Å²) >= 11 is 0. The number of fused-ring (bicyclic) bond motifs is 1. The zero-order valence-corrected chi connectivity index (χ0v) is 22.3. The molecule has 1 fully saturated rings. The van der Waals surface area contributed by atoms with E-state index in [2.05, 4.69) is 14.7 Å². The van der Waals surface area contributed by atoms with Crippen LogP contribution >= 0.6 is 0 Å². The molecule has 1 aliphatic rings. The summed E-state index contributed by atoms with van der Waals surface area (Å²) in [4.78, 5) is 36.7. The SMILES string of the molecule is COc1cc2c(N)nccc2cc1CC(C(=O)O)N1CCC(NS(=O)(=O)c2cnc(N(C)C)c(C)c2)C1=O. The van der Waals surface area contributed by atoms with Gasteiger partial charge in [-0.1, -0.05) is 0 Å². The molecule has 0 radical (unpaired) electrons. The minimum Gasteiger partial charge on any atom is -0.496 e. The minimum absolute atomic E-state index is 0.0446. The third-order valence-electron chi connectivity index (χ3n) is 6.57. The van der Waals surface area contributed by atoms with Crippen LogP contribution in [0.4, 0.5) is 11.6 Å². The number of methoxy groups -OCH3 is 1. The van der Waals surface area contributed by atoms with Gasteiger partial charge in [-0.3, -0.25) is 4.79 Å². The highest BCUT2D eigenvalue weighted by atomic mass is 32.2. The summed E-state index contributed by atoms with van der Waals surface area (Å²) in [6.45, 7) is 1.82. The van der Waals surface area contributed by atoms with Gasteiger partial charge in [0.15, 0.2) is 0 Å². The Labute approximate surface area is 220 Å². The first-order valence-corrected chi connectivity index (χ1v) is 13.3. The van der Waals surface area contributed by atoms with Crippen molar-refractivity contribution in [2.24, 2.45) is 0 Å². The van der Waals surface area contributed by atoms with Gasteiger partial charge in [0.25, 0.3) is 0 Å². The first-order chi connectivity index (χ1) is 17.9. The molecule has 2 unspecified atom stereocenters. The molecule has 0 aliphatic carbocycles. The number of nitrogens with zero attached hydrogens (tertiary/aromatic N) is 4. The van der Waals surface area contributed by atoms with Crippen LogP contribution in [-0.4, -0.2) is 80.1 Å². The van der Waals surface area contributed by atoms with Crippen LogP contribution in [0.25, 0.3) is 10.8 Å². The summed E-state index contributed by atoms with van der Waals surface area (Å²) in [7, 11) is 0.983. The van der Waals surface area contributed by atoms with E-state index < -0.39 is 34.0 Å². The predicted molar refractivity (Wildman–Crippen MR) is 142 cm³/mol. The number of carboxylic acids is 1. The summed E-state index contributed by atoms with van der Waals surface area (Å²) < 4.78 is 33.9. The van der Waals surface area contributed by atoms with Crippen molar-refractivity contribution in [3.05, 3.63) is 47.8 Å². The number of nitrogens with two attached hydrogens (primary N) is 1. The van der Waals surface area contributed by atoms with Gasteiger partial charge in [-0.2, -0.15) is 4.72 Å². The van der Waals surface area contributed by atoms with Crippen LogP contribution in [0.3, 0.4) is 0 Å². The maximum absolute atomic E-state index is 13.2. The lowest BCUT2D eigenvalue weighted by atomic mass is 10.00. The Kier molecular flexibility index (Phi) is 7.42. The Morgan fingerprint density at radius 1 is 1.32 bits per heavy atom. The number of carboxylic acid groups (broad SMARTS) is 1. The van der Waals surface area contributed by atoms with Gasteiger partial charge in [0.05, 0.1) is 7.11 Å². The number of hydrogen-bond donors (Lipinski definition) is 3. The normalized spacial score (nSPS) is 16.6. The summed E-state index contributed by atoms with van der Waals surface area (Å²) in [5.41, 5.74) is 7.18. The number of rotatable bonds is 9. The number of ether oxygens (including phenoxy) is 1. The second kappa shape index (κ2) is 10.4. The number of aryl methyl sites for hydroxylation is 1. The van der Waals surface area contributed by atoms with E-state index in [1.54, 1.807) is 50.3 Å². The maximum atomic E-state index is 13.2. The molecule has 2 atom stereocenters. The van der Waals surface area contributed by atoms with Crippen LogP contribution < -0.4 is 20.1 Å². The number of carbonyl (C=O) groups excluding carboxylic acids is 1. The van der Waals surface area contributed by atoms with Crippen molar-refractivity contribution < 1.29 is 27.9 Å². The molecule has 0 saturated carbocycles. The van der Waals surface area contributed by atoms with Crippen molar-refractivity contribution >= 4 is 44.3 Å². The van der Waals surface area contributed by atoms with E-state index in [4.69, 9.17) is 10.5 Å². The van der Waals surface area contributed by atoms with Gasteiger partial charge in [-0.25, -0.2) is 23.2 Å². The number of likely N-dealkylation sites (tertiary alicyclic amines) is 1. The van der Waals surface area contributed by atoms with Crippen LogP contribution in [0, 0.1) is 6.92 Å². The summed E-state index contributed by atoms with van der Waals surface area (Å²) in [5, 5.41) is 11.4. The van der Waals surface area contributed by atoms with E-state index >= 15 is 0 Å². The van der Waals surface area contributed by atoms with Crippen molar-refractivity contribution in [1.29, 1.82) is 0 Å². The van der Waals surface area contributed by atoms with Gasteiger partial charge in [0.1, 0.15) is 34.4 Å². The quantitative estimate of drug-likeness (QED) is 0.357. The molecule has 38 heavy (non-hydrogen) atoms. The third kappa shape index (κ3) is 5.20. The number of pyridine rings is 2. The molecule has 2 aromatic heterocycles. The van der Waals surface area contributed by atoms with Gasteiger partial charge in [0, 0.05) is 44.8 Å². The van der Waals surface area contributed by atoms with Crippen LogP contribution in [0.1, 0.15) is 17.5 Å².